The Balaban J connectivity index is 2.14. The quantitative estimate of drug-likeness (QED) is 0.768. The zero-order valence-corrected chi connectivity index (χ0v) is 15.2. The minimum Gasteiger partial charge on any atom is -0.481 e. The van der Waals surface area contributed by atoms with Crippen molar-refractivity contribution < 1.29 is 24.2 Å². The summed E-state index contributed by atoms with van der Waals surface area (Å²) in [5.74, 6) is -1.21. The molecule has 7 nitrogen and oxygen atoms in total. The zero-order chi connectivity index (χ0) is 19.1. The number of carbonyl (C=O) groups is 3. The van der Waals surface area contributed by atoms with Crippen molar-refractivity contribution in [3.8, 4) is 0 Å². The summed E-state index contributed by atoms with van der Waals surface area (Å²) in [6.45, 7) is 4.74. The Morgan fingerprint density at radius 2 is 1.96 bits per heavy atom. The fourth-order valence-corrected chi connectivity index (χ4v) is 2.94. The van der Waals surface area contributed by atoms with Crippen molar-refractivity contribution in [3.63, 3.8) is 0 Å². The highest BCUT2D eigenvalue weighted by Gasteiger charge is 2.32. The monoisotopic (exact) mass is 362 g/mol. The van der Waals surface area contributed by atoms with Crippen LogP contribution in [0.5, 0.6) is 0 Å². The number of nitrogens with zero attached hydrogens (tertiary/aromatic N) is 1. The van der Waals surface area contributed by atoms with Crippen molar-refractivity contribution in [2.75, 3.05) is 19.7 Å². The lowest BCUT2D eigenvalue weighted by Gasteiger charge is -2.35. The second kappa shape index (κ2) is 9.33. The lowest BCUT2D eigenvalue weighted by atomic mass is 10.0. The van der Waals surface area contributed by atoms with E-state index in [9.17, 15) is 14.4 Å². The highest BCUT2D eigenvalue weighted by Crippen LogP contribution is 2.19. The van der Waals surface area contributed by atoms with E-state index in [-0.39, 0.29) is 37.3 Å². The summed E-state index contributed by atoms with van der Waals surface area (Å²) in [5.41, 5.74) is 0.705. The van der Waals surface area contributed by atoms with E-state index in [0.717, 1.165) is 0 Å². The molecule has 0 aromatic heterocycles. The molecule has 142 valence electrons. The number of carboxylic acid groups (broad SMARTS) is 1. The molecule has 2 amide bonds. The molecule has 0 radical (unpaired) electrons. The van der Waals surface area contributed by atoms with E-state index in [0.29, 0.717) is 18.5 Å². The van der Waals surface area contributed by atoms with Crippen LogP contribution in [0.25, 0.3) is 0 Å². The first-order valence-electron chi connectivity index (χ1n) is 8.83. The van der Waals surface area contributed by atoms with Crippen molar-refractivity contribution in [2.45, 2.75) is 38.8 Å². The third-order valence-electron chi connectivity index (χ3n) is 4.13. The Kier molecular flexibility index (Phi) is 7.15. The average Bonchev–Trinajstić information content (AvgIpc) is 2.59. The van der Waals surface area contributed by atoms with Gasteiger partial charge in [-0.15, -0.1) is 0 Å². The molecule has 2 N–H and O–H groups in total. The fraction of sp³-hybridized carbons (Fsp3) is 0.526. The zero-order valence-electron chi connectivity index (χ0n) is 15.2. The summed E-state index contributed by atoms with van der Waals surface area (Å²) in [5, 5.41) is 11.8. The Labute approximate surface area is 153 Å². The van der Waals surface area contributed by atoms with Crippen LogP contribution in [0.15, 0.2) is 30.3 Å². The number of hydrogen-bond donors (Lipinski definition) is 2. The minimum atomic E-state index is -0.964. The van der Waals surface area contributed by atoms with Gasteiger partial charge < -0.3 is 20.1 Å². The molecular formula is C19H26N2O5. The summed E-state index contributed by atoms with van der Waals surface area (Å²) in [4.78, 5) is 37.8. The maximum Gasteiger partial charge on any atom is 0.306 e. The van der Waals surface area contributed by atoms with Gasteiger partial charge in [0.25, 0.3) is 0 Å². The second-order valence-electron chi connectivity index (χ2n) is 6.88. The van der Waals surface area contributed by atoms with Crippen molar-refractivity contribution in [2.24, 2.45) is 5.92 Å². The first-order chi connectivity index (χ1) is 12.4. The van der Waals surface area contributed by atoms with E-state index in [1.807, 2.05) is 32.0 Å². The molecule has 26 heavy (non-hydrogen) atoms. The largest absolute Gasteiger partial charge is 0.481 e. The lowest BCUT2D eigenvalue weighted by Crippen LogP contribution is -2.50. The third-order valence-corrected chi connectivity index (χ3v) is 4.13. The molecule has 0 spiro atoms. The minimum absolute atomic E-state index is 0.153. The summed E-state index contributed by atoms with van der Waals surface area (Å²) in [6.07, 6.45) is -0.353. The second-order valence-corrected chi connectivity index (χ2v) is 6.88. The Morgan fingerprint density at radius 3 is 2.58 bits per heavy atom. The number of nitrogens with one attached hydrogen (secondary N) is 1. The van der Waals surface area contributed by atoms with Gasteiger partial charge in [-0.3, -0.25) is 14.4 Å². The van der Waals surface area contributed by atoms with Crippen LogP contribution < -0.4 is 5.32 Å². The van der Waals surface area contributed by atoms with Crippen LogP contribution in [0.3, 0.4) is 0 Å². The van der Waals surface area contributed by atoms with E-state index >= 15 is 0 Å². The number of carboxylic acids is 1. The molecule has 1 aliphatic heterocycles. The van der Waals surface area contributed by atoms with Crippen LogP contribution >= 0.6 is 0 Å². The number of aliphatic carboxylic acids is 1. The summed E-state index contributed by atoms with van der Waals surface area (Å²) >= 11 is 0. The van der Waals surface area contributed by atoms with Gasteiger partial charge in [0.2, 0.25) is 11.8 Å². The van der Waals surface area contributed by atoms with Gasteiger partial charge in [0.1, 0.15) is 6.04 Å². The summed E-state index contributed by atoms with van der Waals surface area (Å²) in [6, 6.07) is 8.29. The molecule has 0 saturated carbocycles. The van der Waals surface area contributed by atoms with Gasteiger partial charge in [-0.2, -0.15) is 0 Å². The van der Waals surface area contributed by atoms with Crippen LogP contribution in [0.1, 0.15) is 38.3 Å². The smallest absolute Gasteiger partial charge is 0.306 e. The molecule has 1 heterocycles. The van der Waals surface area contributed by atoms with Crippen LogP contribution in [0.2, 0.25) is 0 Å². The molecular weight excluding hydrogens is 336 g/mol. The Bertz CT molecular complexity index is 632. The van der Waals surface area contributed by atoms with Crippen LogP contribution in [0.4, 0.5) is 0 Å². The molecule has 1 aromatic rings. The van der Waals surface area contributed by atoms with Crippen LogP contribution in [-0.2, 0) is 19.1 Å². The number of carbonyl (C=O) groups excluding carboxylic acids is 2. The van der Waals surface area contributed by atoms with Crippen molar-refractivity contribution in [1.82, 2.24) is 10.2 Å². The molecule has 1 aromatic carbocycles. The Hall–Kier alpha value is -2.41. The molecule has 1 fully saturated rings. The van der Waals surface area contributed by atoms with Crippen molar-refractivity contribution in [3.05, 3.63) is 35.9 Å². The summed E-state index contributed by atoms with van der Waals surface area (Å²) < 4.78 is 5.43. The van der Waals surface area contributed by atoms with Crippen molar-refractivity contribution >= 4 is 17.8 Å². The standard InChI is InChI=1S/C19H26N2O5/c1-13(2)10-16(22)20-18(14-6-4-3-5-7-14)19(25)21-8-9-26-15(12-21)11-17(23)24/h3-7,13,15,18H,8-12H2,1-2H3,(H,20,22)(H,23,24). The molecule has 0 aliphatic carbocycles. The summed E-state index contributed by atoms with van der Waals surface area (Å²) in [7, 11) is 0. The van der Waals surface area contributed by atoms with Gasteiger partial charge in [0.15, 0.2) is 0 Å². The predicted octanol–water partition coefficient (Wildman–Crippen LogP) is 1.59. The predicted molar refractivity (Wildman–Crippen MR) is 95.4 cm³/mol. The number of benzene rings is 1. The first-order valence-corrected chi connectivity index (χ1v) is 8.83. The SMILES string of the molecule is CC(C)CC(=O)NC(C(=O)N1CCOC(CC(=O)O)C1)c1ccccc1. The fourth-order valence-electron chi connectivity index (χ4n) is 2.94. The normalized spacial score (nSPS) is 18.4. The van der Waals surface area contributed by atoms with E-state index in [4.69, 9.17) is 9.84 Å². The molecule has 2 atom stereocenters. The molecule has 7 heteroatoms. The lowest BCUT2D eigenvalue weighted by molar-refractivity contribution is -0.149. The number of ether oxygens (including phenoxy) is 1. The number of morpholine rings is 1. The number of amides is 2. The third kappa shape index (κ3) is 5.84. The van der Waals surface area contributed by atoms with Crippen molar-refractivity contribution in [1.29, 1.82) is 0 Å². The molecule has 2 rings (SSSR count). The van der Waals surface area contributed by atoms with E-state index in [1.165, 1.54) is 0 Å². The van der Waals surface area contributed by atoms with Gasteiger partial charge in [0, 0.05) is 19.5 Å². The maximum atomic E-state index is 13.1. The topological polar surface area (TPSA) is 95.9 Å². The number of hydrogen-bond acceptors (Lipinski definition) is 4. The van der Waals surface area contributed by atoms with Gasteiger partial charge in [-0.25, -0.2) is 0 Å². The van der Waals surface area contributed by atoms with Gasteiger partial charge in [-0.1, -0.05) is 44.2 Å². The van der Waals surface area contributed by atoms with E-state index in [1.54, 1.807) is 17.0 Å². The molecule has 1 saturated heterocycles. The Morgan fingerprint density at radius 1 is 1.27 bits per heavy atom. The molecule has 1 aliphatic rings. The average molecular weight is 362 g/mol. The van der Waals surface area contributed by atoms with Gasteiger partial charge in [-0.05, 0) is 11.5 Å². The maximum absolute atomic E-state index is 13.1. The van der Waals surface area contributed by atoms with Crippen LogP contribution in [0, 0.1) is 5.92 Å². The highest BCUT2D eigenvalue weighted by atomic mass is 16.5. The number of rotatable bonds is 7. The molecule has 2 unspecified atom stereocenters. The van der Waals surface area contributed by atoms with E-state index in [2.05, 4.69) is 5.32 Å². The van der Waals surface area contributed by atoms with Gasteiger partial charge in [0.05, 0.1) is 19.1 Å². The molecule has 0 bridgehead atoms. The highest BCUT2D eigenvalue weighted by molar-refractivity contribution is 5.89. The first kappa shape index (κ1) is 19.9. The van der Waals surface area contributed by atoms with Crippen LogP contribution in [-0.4, -0.2) is 53.6 Å². The van der Waals surface area contributed by atoms with Gasteiger partial charge >= 0.3 is 5.97 Å². The van der Waals surface area contributed by atoms with E-state index < -0.39 is 18.1 Å².